The van der Waals surface area contributed by atoms with Gasteiger partial charge < -0.3 is 20.7 Å². The summed E-state index contributed by atoms with van der Waals surface area (Å²) in [6, 6.07) is -0.0334. The third kappa shape index (κ3) is 4.09. The van der Waals surface area contributed by atoms with E-state index in [0.29, 0.717) is 13.2 Å². The van der Waals surface area contributed by atoms with Gasteiger partial charge in [0.25, 0.3) is 0 Å². The average Bonchev–Trinajstić information content (AvgIpc) is 2.47. The summed E-state index contributed by atoms with van der Waals surface area (Å²) in [7, 11) is 0. The minimum absolute atomic E-state index is 0.0334. The van der Waals surface area contributed by atoms with Crippen LogP contribution in [0.4, 0.5) is 4.79 Å². The standard InChI is InChI=1S/C15H27N3O3/c1-2-21-14(20)17-12-7-6-10-18(11-12)13(19)15(16)8-4-3-5-9-15/h12H,2-11,16H2,1H3,(H,17,20). The molecule has 1 atom stereocenters. The lowest BCUT2D eigenvalue weighted by Gasteiger charge is -2.40. The Balaban J connectivity index is 1.90. The van der Waals surface area contributed by atoms with Crippen molar-refractivity contribution in [3.63, 3.8) is 0 Å². The largest absolute Gasteiger partial charge is 0.450 e. The molecule has 1 aliphatic carbocycles. The molecule has 1 saturated heterocycles. The Labute approximate surface area is 126 Å². The first-order valence-electron chi connectivity index (χ1n) is 8.07. The molecule has 1 unspecified atom stereocenters. The van der Waals surface area contributed by atoms with Crippen LogP contribution in [-0.2, 0) is 9.53 Å². The maximum Gasteiger partial charge on any atom is 0.407 e. The van der Waals surface area contributed by atoms with Crippen LogP contribution in [0, 0.1) is 0 Å². The third-order valence-electron chi connectivity index (χ3n) is 4.48. The minimum Gasteiger partial charge on any atom is -0.450 e. The molecule has 21 heavy (non-hydrogen) atoms. The molecule has 2 amide bonds. The molecule has 1 aliphatic heterocycles. The maximum atomic E-state index is 12.7. The topological polar surface area (TPSA) is 84.7 Å². The number of piperidine rings is 1. The second-order valence-electron chi connectivity index (χ2n) is 6.17. The number of nitrogens with one attached hydrogen (secondary N) is 1. The number of carbonyl (C=O) groups excluding carboxylic acids is 2. The molecule has 0 radical (unpaired) electrons. The van der Waals surface area contributed by atoms with E-state index in [1.54, 1.807) is 6.92 Å². The fourth-order valence-corrected chi connectivity index (χ4v) is 3.33. The van der Waals surface area contributed by atoms with Crippen LogP contribution in [0.1, 0.15) is 51.9 Å². The van der Waals surface area contributed by atoms with E-state index in [0.717, 1.165) is 45.1 Å². The molecule has 0 aromatic carbocycles. The Bertz CT molecular complexity index is 380. The number of rotatable bonds is 3. The molecular weight excluding hydrogens is 270 g/mol. The molecule has 2 rings (SSSR count). The van der Waals surface area contributed by atoms with Gasteiger partial charge in [0, 0.05) is 19.1 Å². The van der Waals surface area contributed by atoms with Gasteiger partial charge in [-0.25, -0.2) is 4.79 Å². The van der Waals surface area contributed by atoms with Gasteiger partial charge in [-0.15, -0.1) is 0 Å². The summed E-state index contributed by atoms with van der Waals surface area (Å²) < 4.78 is 4.90. The zero-order valence-corrected chi connectivity index (χ0v) is 12.9. The third-order valence-corrected chi connectivity index (χ3v) is 4.48. The molecule has 0 bridgehead atoms. The van der Waals surface area contributed by atoms with E-state index in [2.05, 4.69) is 5.32 Å². The van der Waals surface area contributed by atoms with E-state index >= 15 is 0 Å². The summed E-state index contributed by atoms with van der Waals surface area (Å²) in [6.45, 7) is 3.40. The smallest absolute Gasteiger partial charge is 0.407 e. The quantitative estimate of drug-likeness (QED) is 0.824. The second kappa shape index (κ2) is 7.11. The van der Waals surface area contributed by atoms with Crippen molar-refractivity contribution in [3.8, 4) is 0 Å². The number of carbonyl (C=O) groups is 2. The van der Waals surface area contributed by atoms with E-state index in [4.69, 9.17) is 10.5 Å². The first kappa shape index (κ1) is 16.1. The van der Waals surface area contributed by atoms with Crippen LogP contribution >= 0.6 is 0 Å². The highest BCUT2D eigenvalue weighted by molar-refractivity contribution is 5.86. The number of amides is 2. The summed E-state index contributed by atoms with van der Waals surface area (Å²) in [5.41, 5.74) is 5.63. The fraction of sp³-hybridized carbons (Fsp3) is 0.867. The van der Waals surface area contributed by atoms with Crippen molar-refractivity contribution in [2.45, 2.75) is 63.5 Å². The molecule has 2 fully saturated rings. The molecule has 3 N–H and O–H groups in total. The molecular formula is C15H27N3O3. The summed E-state index contributed by atoms with van der Waals surface area (Å²) >= 11 is 0. The van der Waals surface area contributed by atoms with Crippen molar-refractivity contribution in [1.29, 1.82) is 0 Å². The SMILES string of the molecule is CCOC(=O)NC1CCCN(C(=O)C2(N)CCCCC2)C1. The first-order valence-corrected chi connectivity index (χ1v) is 8.07. The van der Waals surface area contributed by atoms with Crippen molar-refractivity contribution >= 4 is 12.0 Å². The highest BCUT2D eigenvalue weighted by atomic mass is 16.5. The fourth-order valence-electron chi connectivity index (χ4n) is 3.33. The van der Waals surface area contributed by atoms with Crippen molar-refractivity contribution in [1.82, 2.24) is 10.2 Å². The normalized spacial score (nSPS) is 25.2. The first-order chi connectivity index (χ1) is 10.0. The molecule has 120 valence electrons. The average molecular weight is 297 g/mol. The van der Waals surface area contributed by atoms with E-state index in [-0.39, 0.29) is 11.9 Å². The summed E-state index contributed by atoms with van der Waals surface area (Å²) in [5.74, 6) is 0.0533. The zero-order chi connectivity index (χ0) is 15.3. The second-order valence-corrected chi connectivity index (χ2v) is 6.17. The summed E-state index contributed by atoms with van der Waals surface area (Å²) in [4.78, 5) is 26.0. The lowest BCUT2D eigenvalue weighted by atomic mass is 9.81. The van der Waals surface area contributed by atoms with E-state index in [9.17, 15) is 9.59 Å². The number of hydrogen-bond donors (Lipinski definition) is 2. The van der Waals surface area contributed by atoms with E-state index in [1.165, 1.54) is 6.42 Å². The zero-order valence-electron chi connectivity index (χ0n) is 12.9. The van der Waals surface area contributed by atoms with Gasteiger partial charge in [-0.2, -0.15) is 0 Å². The number of alkyl carbamates (subject to hydrolysis) is 1. The monoisotopic (exact) mass is 297 g/mol. The van der Waals surface area contributed by atoms with Crippen LogP contribution in [0.25, 0.3) is 0 Å². The Hall–Kier alpha value is -1.30. The van der Waals surface area contributed by atoms with Gasteiger partial charge in [-0.1, -0.05) is 19.3 Å². The number of nitrogens with zero attached hydrogens (tertiary/aromatic N) is 1. The maximum absolute atomic E-state index is 12.7. The van der Waals surface area contributed by atoms with Crippen molar-refractivity contribution in [3.05, 3.63) is 0 Å². The molecule has 1 saturated carbocycles. The number of ether oxygens (including phenoxy) is 1. The van der Waals surface area contributed by atoms with Crippen LogP contribution in [-0.4, -0.2) is 48.2 Å². The van der Waals surface area contributed by atoms with Crippen LogP contribution in [0.15, 0.2) is 0 Å². The Morgan fingerprint density at radius 3 is 2.67 bits per heavy atom. The summed E-state index contributed by atoms with van der Waals surface area (Å²) in [5, 5.41) is 2.82. The van der Waals surface area contributed by atoms with Crippen molar-refractivity contribution < 1.29 is 14.3 Å². The lowest BCUT2D eigenvalue weighted by molar-refractivity contribution is -0.139. The molecule has 0 aromatic rings. The van der Waals surface area contributed by atoms with E-state index in [1.807, 2.05) is 4.90 Å². The van der Waals surface area contributed by atoms with Gasteiger partial charge in [0.1, 0.15) is 0 Å². The van der Waals surface area contributed by atoms with E-state index < -0.39 is 11.6 Å². The van der Waals surface area contributed by atoms with Gasteiger partial charge in [0.05, 0.1) is 12.1 Å². The predicted molar refractivity (Wildman–Crippen MR) is 79.8 cm³/mol. The number of hydrogen-bond acceptors (Lipinski definition) is 4. The van der Waals surface area contributed by atoms with Gasteiger partial charge in [0.2, 0.25) is 5.91 Å². The minimum atomic E-state index is -0.690. The molecule has 0 spiro atoms. The summed E-state index contributed by atoms with van der Waals surface area (Å²) in [6.07, 6.45) is 6.13. The highest BCUT2D eigenvalue weighted by Gasteiger charge is 2.39. The molecule has 6 nitrogen and oxygen atoms in total. The highest BCUT2D eigenvalue weighted by Crippen LogP contribution is 2.28. The Morgan fingerprint density at radius 2 is 2.00 bits per heavy atom. The molecule has 1 heterocycles. The predicted octanol–water partition coefficient (Wildman–Crippen LogP) is 1.39. The molecule has 2 aliphatic rings. The number of nitrogens with two attached hydrogens (primary N) is 1. The molecule has 6 heteroatoms. The lowest BCUT2D eigenvalue weighted by Crippen LogP contribution is -2.60. The van der Waals surface area contributed by atoms with Crippen LogP contribution < -0.4 is 11.1 Å². The van der Waals surface area contributed by atoms with Gasteiger partial charge >= 0.3 is 6.09 Å². The van der Waals surface area contributed by atoms with Gasteiger partial charge in [0.15, 0.2) is 0 Å². The van der Waals surface area contributed by atoms with Gasteiger partial charge in [-0.05, 0) is 32.6 Å². The number of likely N-dealkylation sites (tertiary alicyclic amines) is 1. The molecule has 0 aromatic heterocycles. The Morgan fingerprint density at radius 1 is 1.29 bits per heavy atom. The van der Waals surface area contributed by atoms with Crippen molar-refractivity contribution in [2.75, 3.05) is 19.7 Å². The van der Waals surface area contributed by atoms with Crippen LogP contribution in [0.5, 0.6) is 0 Å². The van der Waals surface area contributed by atoms with Crippen LogP contribution in [0.3, 0.4) is 0 Å². The Kier molecular flexibility index (Phi) is 5.45. The van der Waals surface area contributed by atoms with Crippen LogP contribution in [0.2, 0.25) is 0 Å². The van der Waals surface area contributed by atoms with Gasteiger partial charge in [-0.3, -0.25) is 4.79 Å². The van der Waals surface area contributed by atoms with Crippen molar-refractivity contribution in [2.24, 2.45) is 5.73 Å².